The molecule has 1 heterocycles. The second-order valence-corrected chi connectivity index (χ2v) is 9.52. The van der Waals surface area contributed by atoms with Crippen molar-refractivity contribution in [1.29, 1.82) is 0 Å². The zero-order valence-electron chi connectivity index (χ0n) is 18.9. The van der Waals surface area contributed by atoms with Crippen LogP contribution >= 0.6 is 0 Å². The first-order chi connectivity index (χ1) is 15.7. The van der Waals surface area contributed by atoms with E-state index in [0.717, 1.165) is 0 Å². The molecule has 33 heavy (non-hydrogen) atoms. The van der Waals surface area contributed by atoms with Crippen LogP contribution in [0.4, 0.5) is 17.1 Å². The van der Waals surface area contributed by atoms with E-state index in [0.29, 0.717) is 43.2 Å². The lowest BCUT2D eigenvalue weighted by Gasteiger charge is -2.28. The maximum absolute atomic E-state index is 13.1. The topological polar surface area (TPSA) is 122 Å². The summed E-state index contributed by atoms with van der Waals surface area (Å²) in [5.41, 5.74) is 1.38. The number of ether oxygens (including phenoxy) is 1. The summed E-state index contributed by atoms with van der Waals surface area (Å²) in [6.07, 6.45) is 0. The van der Waals surface area contributed by atoms with Gasteiger partial charge < -0.3 is 15.0 Å². The first-order valence-corrected chi connectivity index (χ1v) is 12.2. The number of morpholine rings is 1. The average Bonchev–Trinajstić information content (AvgIpc) is 2.81. The van der Waals surface area contributed by atoms with E-state index in [1.807, 2.05) is 18.7 Å². The van der Waals surface area contributed by atoms with E-state index in [1.54, 1.807) is 13.0 Å². The molecule has 10 nitrogen and oxygen atoms in total. The molecule has 0 aliphatic carbocycles. The van der Waals surface area contributed by atoms with Gasteiger partial charge in [-0.2, -0.15) is 4.31 Å². The van der Waals surface area contributed by atoms with Crippen LogP contribution in [0.15, 0.2) is 41.3 Å². The van der Waals surface area contributed by atoms with Crippen LogP contribution in [-0.2, 0) is 14.8 Å². The van der Waals surface area contributed by atoms with Gasteiger partial charge in [0.05, 0.1) is 34.4 Å². The molecule has 0 unspecified atom stereocenters. The van der Waals surface area contributed by atoms with Gasteiger partial charge in [0.15, 0.2) is 0 Å². The van der Waals surface area contributed by atoms with Crippen LogP contribution in [0.1, 0.15) is 29.8 Å². The number of nitrogens with one attached hydrogen (secondary N) is 1. The molecule has 1 N–H and O–H groups in total. The third kappa shape index (κ3) is 5.32. The number of nitrogens with zero attached hydrogens (tertiary/aromatic N) is 3. The predicted octanol–water partition coefficient (Wildman–Crippen LogP) is 3.02. The maximum Gasteiger partial charge on any atom is 0.273 e. The first kappa shape index (κ1) is 24.6. The van der Waals surface area contributed by atoms with Crippen molar-refractivity contribution < 1.29 is 22.9 Å². The van der Waals surface area contributed by atoms with Gasteiger partial charge in [0.1, 0.15) is 0 Å². The molecule has 2 aromatic rings. The van der Waals surface area contributed by atoms with Gasteiger partial charge in [-0.15, -0.1) is 0 Å². The van der Waals surface area contributed by atoms with Gasteiger partial charge in [0.25, 0.3) is 11.6 Å². The Balaban J connectivity index is 2.01. The van der Waals surface area contributed by atoms with E-state index in [9.17, 15) is 23.3 Å². The van der Waals surface area contributed by atoms with E-state index in [4.69, 9.17) is 4.74 Å². The molecule has 0 bridgehead atoms. The summed E-state index contributed by atoms with van der Waals surface area (Å²) >= 11 is 0. The Labute approximate surface area is 193 Å². The highest BCUT2D eigenvalue weighted by atomic mass is 32.2. The monoisotopic (exact) mass is 476 g/mol. The maximum atomic E-state index is 13.1. The van der Waals surface area contributed by atoms with Gasteiger partial charge >= 0.3 is 0 Å². The number of sulfonamides is 1. The number of amides is 1. The van der Waals surface area contributed by atoms with Gasteiger partial charge in [0.2, 0.25) is 10.0 Å². The van der Waals surface area contributed by atoms with Gasteiger partial charge in [-0.3, -0.25) is 14.9 Å². The van der Waals surface area contributed by atoms with Crippen molar-refractivity contribution in [2.75, 3.05) is 49.6 Å². The molecule has 11 heteroatoms. The molecule has 0 radical (unpaired) electrons. The van der Waals surface area contributed by atoms with Gasteiger partial charge in [-0.1, -0.05) is 6.07 Å². The molecule has 1 aliphatic rings. The normalized spacial score (nSPS) is 14.6. The van der Waals surface area contributed by atoms with Crippen molar-refractivity contribution in [3.8, 4) is 0 Å². The minimum atomic E-state index is -3.77. The summed E-state index contributed by atoms with van der Waals surface area (Å²) in [6.45, 7) is 7.96. The summed E-state index contributed by atoms with van der Waals surface area (Å²) in [5, 5.41) is 14.0. The Hall–Kier alpha value is -3.02. The van der Waals surface area contributed by atoms with E-state index in [-0.39, 0.29) is 29.2 Å². The lowest BCUT2D eigenvalue weighted by molar-refractivity contribution is -0.385. The summed E-state index contributed by atoms with van der Waals surface area (Å²) in [4.78, 5) is 25.8. The third-order valence-corrected chi connectivity index (χ3v) is 7.49. The zero-order chi connectivity index (χ0) is 24.2. The Morgan fingerprint density at radius 2 is 1.82 bits per heavy atom. The number of carbonyl (C=O) groups is 1. The summed E-state index contributed by atoms with van der Waals surface area (Å²) in [5.74, 6) is -0.563. The van der Waals surface area contributed by atoms with Crippen LogP contribution in [0, 0.1) is 17.0 Å². The van der Waals surface area contributed by atoms with E-state index < -0.39 is 20.9 Å². The molecule has 0 atom stereocenters. The van der Waals surface area contributed by atoms with Crippen LogP contribution in [0.2, 0.25) is 0 Å². The van der Waals surface area contributed by atoms with E-state index in [2.05, 4.69) is 5.32 Å². The Bertz CT molecular complexity index is 1140. The number of aryl methyl sites for hydroxylation is 1. The first-order valence-electron chi connectivity index (χ1n) is 10.7. The fourth-order valence-corrected chi connectivity index (χ4v) is 5.13. The number of nitro groups is 1. The number of nitro benzene ring substituents is 1. The van der Waals surface area contributed by atoms with Gasteiger partial charge in [-0.25, -0.2) is 8.42 Å². The number of hydrogen-bond acceptors (Lipinski definition) is 7. The molecule has 1 amide bonds. The molecule has 0 saturated carbocycles. The lowest BCUT2D eigenvalue weighted by atomic mass is 10.1. The number of benzene rings is 2. The molecule has 0 spiro atoms. The van der Waals surface area contributed by atoms with E-state index >= 15 is 0 Å². The molecular formula is C22H28N4O6S. The highest BCUT2D eigenvalue weighted by Crippen LogP contribution is 2.31. The summed E-state index contributed by atoms with van der Waals surface area (Å²) < 4.78 is 32.9. The van der Waals surface area contributed by atoms with Crippen molar-refractivity contribution in [3.63, 3.8) is 0 Å². The van der Waals surface area contributed by atoms with E-state index in [1.165, 1.54) is 34.6 Å². The van der Waals surface area contributed by atoms with Crippen LogP contribution in [0.3, 0.4) is 0 Å². The quantitative estimate of drug-likeness (QED) is 0.459. The number of anilines is 2. The second-order valence-electron chi connectivity index (χ2n) is 7.58. The highest BCUT2D eigenvalue weighted by Gasteiger charge is 2.28. The van der Waals surface area contributed by atoms with Crippen LogP contribution in [0.5, 0.6) is 0 Å². The van der Waals surface area contributed by atoms with Crippen molar-refractivity contribution in [2.45, 2.75) is 25.7 Å². The molecule has 178 valence electrons. The lowest BCUT2D eigenvalue weighted by Crippen LogP contribution is -2.40. The highest BCUT2D eigenvalue weighted by molar-refractivity contribution is 7.89. The Kier molecular flexibility index (Phi) is 7.67. The predicted molar refractivity (Wildman–Crippen MR) is 125 cm³/mol. The minimum Gasteiger partial charge on any atom is -0.379 e. The van der Waals surface area contributed by atoms with Crippen molar-refractivity contribution in [2.24, 2.45) is 0 Å². The standard InChI is InChI=1S/C22H28N4O6S/c1-4-24(5-2)20-9-8-18(33(30,31)25-10-12-32-13-11-25)15-19(20)23-22(27)17-7-6-16(3)21(14-17)26(28)29/h6-9,14-15H,4-5,10-13H2,1-3H3,(H,23,27). The van der Waals surface area contributed by atoms with Crippen molar-refractivity contribution >= 4 is 33.0 Å². The summed E-state index contributed by atoms with van der Waals surface area (Å²) in [7, 11) is -3.77. The molecule has 1 aliphatic heterocycles. The molecule has 3 rings (SSSR count). The number of carbonyl (C=O) groups excluding carboxylic acids is 1. The average molecular weight is 477 g/mol. The van der Waals surface area contributed by atoms with Crippen LogP contribution in [0.25, 0.3) is 0 Å². The SMILES string of the molecule is CCN(CC)c1ccc(S(=O)(=O)N2CCOCC2)cc1NC(=O)c1ccc(C)c([N+](=O)[O-])c1. The van der Waals surface area contributed by atoms with Crippen LogP contribution in [-0.4, -0.2) is 62.9 Å². The van der Waals surface area contributed by atoms with Crippen LogP contribution < -0.4 is 10.2 Å². The second kappa shape index (κ2) is 10.3. The van der Waals surface area contributed by atoms with Gasteiger partial charge in [-0.05, 0) is 45.0 Å². The largest absolute Gasteiger partial charge is 0.379 e. The Morgan fingerprint density at radius 1 is 1.15 bits per heavy atom. The zero-order valence-corrected chi connectivity index (χ0v) is 19.7. The minimum absolute atomic E-state index is 0.0606. The summed E-state index contributed by atoms with van der Waals surface area (Å²) in [6, 6.07) is 8.88. The smallest absolute Gasteiger partial charge is 0.273 e. The molecule has 1 fully saturated rings. The fourth-order valence-electron chi connectivity index (χ4n) is 3.69. The number of hydrogen-bond donors (Lipinski definition) is 1. The number of rotatable bonds is 8. The van der Waals surface area contributed by atoms with Crippen molar-refractivity contribution in [1.82, 2.24) is 4.31 Å². The third-order valence-electron chi connectivity index (χ3n) is 5.60. The fraction of sp³-hybridized carbons (Fsp3) is 0.409. The molecule has 2 aromatic carbocycles. The molecule has 0 aromatic heterocycles. The van der Waals surface area contributed by atoms with Crippen molar-refractivity contribution in [3.05, 3.63) is 57.6 Å². The van der Waals surface area contributed by atoms with Gasteiger partial charge in [0, 0.05) is 43.4 Å². The Morgan fingerprint density at radius 3 is 2.42 bits per heavy atom. The molecule has 1 saturated heterocycles. The molecular weight excluding hydrogens is 448 g/mol.